The first-order valence-electron chi connectivity index (χ1n) is 9.36. The van der Waals surface area contributed by atoms with Crippen molar-refractivity contribution in [2.24, 2.45) is 0 Å². The number of hydrogen-bond donors (Lipinski definition) is 2. The number of aromatic nitrogens is 1. The summed E-state index contributed by atoms with van der Waals surface area (Å²) in [5.74, 6) is 0.0790. The Bertz CT molecular complexity index is 1330. The van der Waals surface area contributed by atoms with E-state index in [1.807, 2.05) is 44.2 Å². The van der Waals surface area contributed by atoms with Gasteiger partial charge in [-0.05, 0) is 79.7 Å². The molecule has 1 heterocycles. The second-order valence-electron chi connectivity index (χ2n) is 7.06. The highest BCUT2D eigenvalue weighted by Crippen LogP contribution is 2.28. The van der Waals surface area contributed by atoms with Gasteiger partial charge in [-0.25, -0.2) is 4.98 Å². The molecule has 3 aromatic carbocycles. The quantitative estimate of drug-likeness (QED) is 0.333. The summed E-state index contributed by atoms with van der Waals surface area (Å²) in [6, 6.07) is 16.1. The molecule has 2 N–H and O–H groups in total. The molecule has 0 saturated carbocycles. The number of rotatable bonds is 3. The molecule has 4 aromatic rings. The highest BCUT2D eigenvalue weighted by atomic mass is 35.5. The summed E-state index contributed by atoms with van der Waals surface area (Å²) < 4.78 is 5.98. The summed E-state index contributed by atoms with van der Waals surface area (Å²) in [4.78, 5) is 17.0. The van der Waals surface area contributed by atoms with Crippen molar-refractivity contribution < 1.29 is 9.21 Å². The molecule has 156 valence electrons. The normalized spacial score (nSPS) is 10.8. The Balaban J connectivity index is 1.51. The zero-order chi connectivity index (χ0) is 22.1. The van der Waals surface area contributed by atoms with Crippen molar-refractivity contribution in [2.75, 3.05) is 5.32 Å². The van der Waals surface area contributed by atoms with Crippen LogP contribution in [-0.4, -0.2) is 16.0 Å². The van der Waals surface area contributed by atoms with Gasteiger partial charge in [0.05, 0.1) is 10.6 Å². The van der Waals surface area contributed by atoms with Gasteiger partial charge in [0.1, 0.15) is 5.52 Å². The van der Waals surface area contributed by atoms with E-state index < -0.39 is 5.91 Å². The van der Waals surface area contributed by atoms with Crippen molar-refractivity contribution in [3.63, 3.8) is 0 Å². The van der Waals surface area contributed by atoms with Gasteiger partial charge in [-0.15, -0.1) is 0 Å². The van der Waals surface area contributed by atoms with E-state index >= 15 is 0 Å². The van der Waals surface area contributed by atoms with Crippen LogP contribution in [0.5, 0.6) is 0 Å². The lowest BCUT2D eigenvalue weighted by Gasteiger charge is -2.11. The Kier molecular flexibility index (Phi) is 5.96. The van der Waals surface area contributed by atoms with Gasteiger partial charge in [-0.2, -0.15) is 0 Å². The van der Waals surface area contributed by atoms with E-state index in [-0.39, 0.29) is 15.7 Å². The number of oxazole rings is 1. The monoisotopic (exact) mass is 469 g/mol. The largest absolute Gasteiger partial charge is 0.436 e. The molecule has 1 aromatic heterocycles. The summed E-state index contributed by atoms with van der Waals surface area (Å²) in [6.45, 7) is 4.02. The molecule has 0 radical (unpaired) electrons. The van der Waals surface area contributed by atoms with Crippen LogP contribution < -0.4 is 10.6 Å². The van der Waals surface area contributed by atoms with Crippen molar-refractivity contribution >= 4 is 63.2 Å². The third-order valence-electron chi connectivity index (χ3n) is 4.59. The summed E-state index contributed by atoms with van der Waals surface area (Å²) in [6.07, 6.45) is 0. The minimum absolute atomic E-state index is 0.136. The van der Waals surface area contributed by atoms with E-state index in [2.05, 4.69) is 21.7 Å². The summed E-state index contributed by atoms with van der Waals surface area (Å²) in [5.41, 5.74) is 5.49. The van der Waals surface area contributed by atoms with Crippen LogP contribution in [0, 0.1) is 13.8 Å². The fraction of sp³-hybridized carbons (Fsp3) is 0.0870. The molecule has 0 saturated heterocycles. The number of halogens is 2. The number of amides is 1. The molecule has 0 aliphatic rings. The number of nitrogens with one attached hydrogen (secondary N) is 2. The van der Waals surface area contributed by atoms with Crippen molar-refractivity contribution in [1.29, 1.82) is 0 Å². The average Bonchev–Trinajstić information content (AvgIpc) is 3.12. The SMILES string of the molecule is Cc1cc(C)c2oc(-c3cccc(NC(=S)NC(=O)c4ccc(Cl)cc4Cl)c3)nc2c1. The average molecular weight is 470 g/mol. The van der Waals surface area contributed by atoms with Gasteiger partial charge in [0.15, 0.2) is 10.7 Å². The summed E-state index contributed by atoms with van der Waals surface area (Å²) in [7, 11) is 0. The molecule has 0 fully saturated rings. The molecular formula is C23H17Cl2N3O2S. The maximum Gasteiger partial charge on any atom is 0.258 e. The Labute approximate surface area is 194 Å². The number of aryl methyl sites for hydroxylation is 2. The third kappa shape index (κ3) is 4.71. The number of carbonyl (C=O) groups is 1. The molecule has 0 bridgehead atoms. The first-order chi connectivity index (χ1) is 14.8. The number of benzene rings is 3. The van der Waals surface area contributed by atoms with Gasteiger partial charge in [0, 0.05) is 16.3 Å². The van der Waals surface area contributed by atoms with Crippen molar-refractivity contribution in [3.8, 4) is 11.5 Å². The van der Waals surface area contributed by atoms with Gasteiger partial charge in [-0.3, -0.25) is 10.1 Å². The Morgan fingerprint density at radius 2 is 1.87 bits per heavy atom. The highest BCUT2D eigenvalue weighted by Gasteiger charge is 2.14. The predicted octanol–water partition coefficient (Wildman–Crippen LogP) is 6.55. The van der Waals surface area contributed by atoms with Gasteiger partial charge in [0.25, 0.3) is 5.91 Å². The van der Waals surface area contributed by atoms with Crippen LogP contribution in [0.2, 0.25) is 10.0 Å². The predicted molar refractivity (Wildman–Crippen MR) is 129 cm³/mol. The molecule has 0 spiro atoms. The fourth-order valence-corrected chi connectivity index (χ4v) is 3.94. The van der Waals surface area contributed by atoms with Crippen molar-refractivity contribution in [2.45, 2.75) is 13.8 Å². The van der Waals surface area contributed by atoms with E-state index in [0.29, 0.717) is 16.6 Å². The smallest absolute Gasteiger partial charge is 0.258 e. The van der Waals surface area contributed by atoms with Crippen LogP contribution in [0.25, 0.3) is 22.6 Å². The van der Waals surface area contributed by atoms with Crippen molar-refractivity contribution in [3.05, 3.63) is 81.3 Å². The molecule has 0 unspecified atom stereocenters. The molecule has 31 heavy (non-hydrogen) atoms. The number of carbonyl (C=O) groups excluding carboxylic acids is 1. The third-order valence-corrected chi connectivity index (χ3v) is 5.34. The highest BCUT2D eigenvalue weighted by molar-refractivity contribution is 7.80. The van der Waals surface area contributed by atoms with Crippen LogP contribution in [0.3, 0.4) is 0 Å². The zero-order valence-corrected chi connectivity index (χ0v) is 19.0. The van der Waals surface area contributed by atoms with E-state index in [0.717, 1.165) is 27.8 Å². The van der Waals surface area contributed by atoms with E-state index in [1.165, 1.54) is 6.07 Å². The lowest BCUT2D eigenvalue weighted by molar-refractivity contribution is 0.0978. The first kappa shape index (κ1) is 21.3. The van der Waals surface area contributed by atoms with Gasteiger partial charge in [-0.1, -0.05) is 35.3 Å². The fourth-order valence-electron chi connectivity index (χ4n) is 3.24. The van der Waals surface area contributed by atoms with Crippen molar-refractivity contribution in [1.82, 2.24) is 10.3 Å². The van der Waals surface area contributed by atoms with Gasteiger partial charge in [0.2, 0.25) is 5.89 Å². The lowest BCUT2D eigenvalue weighted by Crippen LogP contribution is -2.34. The Hall–Kier alpha value is -2.93. The topological polar surface area (TPSA) is 67.2 Å². The minimum Gasteiger partial charge on any atom is -0.436 e. The van der Waals surface area contributed by atoms with Crippen LogP contribution in [0.4, 0.5) is 5.69 Å². The van der Waals surface area contributed by atoms with Gasteiger partial charge < -0.3 is 9.73 Å². The molecular weight excluding hydrogens is 453 g/mol. The van der Waals surface area contributed by atoms with E-state index in [1.54, 1.807) is 12.1 Å². The number of fused-ring (bicyclic) bond motifs is 1. The summed E-state index contributed by atoms with van der Waals surface area (Å²) >= 11 is 17.2. The molecule has 0 aliphatic carbocycles. The van der Waals surface area contributed by atoms with Gasteiger partial charge >= 0.3 is 0 Å². The number of anilines is 1. The maximum atomic E-state index is 12.4. The number of thiocarbonyl (C=S) groups is 1. The summed E-state index contributed by atoms with van der Waals surface area (Å²) in [5, 5.41) is 6.44. The molecule has 8 heteroatoms. The van der Waals surface area contributed by atoms with E-state index in [4.69, 9.17) is 39.8 Å². The maximum absolute atomic E-state index is 12.4. The lowest BCUT2D eigenvalue weighted by atomic mass is 10.1. The second-order valence-corrected chi connectivity index (χ2v) is 8.31. The molecule has 5 nitrogen and oxygen atoms in total. The standard InChI is InChI=1S/C23H17Cl2N3O2S/c1-12-8-13(2)20-19(9-12)27-22(30-20)14-4-3-5-16(10-14)26-23(31)28-21(29)17-7-6-15(24)11-18(17)25/h3-11H,1-2H3,(H2,26,28,29,31). The molecule has 0 aliphatic heterocycles. The molecule has 1 amide bonds. The second kappa shape index (κ2) is 8.67. The van der Waals surface area contributed by atoms with Crippen LogP contribution in [0.1, 0.15) is 21.5 Å². The molecule has 0 atom stereocenters. The van der Waals surface area contributed by atoms with Crippen LogP contribution >= 0.6 is 35.4 Å². The molecule has 4 rings (SSSR count). The van der Waals surface area contributed by atoms with Crippen LogP contribution in [0.15, 0.2) is 59.0 Å². The Morgan fingerprint density at radius 3 is 2.65 bits per heavy atom. The minimum atomic E-state index is -0.430. The first-order valence-corrected chi connectivity index (χ1v) is 10.5. The van der Waals surface area contributed by atoms with E-state index in [9.17, 15) is 4.79 Å². The van der Waals surface area contributed by atoms with Crippen LogP contribution in [-0.2, 0) is 0 Å². The number of nitrogens with zero attached hydrogens (tertiary/aromatic N) is 1. The number of hydrogen-bond acceptors (Lipinski definition) is 4. The Morgan fingerprint density at radius 1 is 1.06 bits per heavy atom. The zero-order valence-electron chi connectivity index (χ0n) is 16.6.